The number of carbonyl (C=O) groups is 1. The average Bonchev–Trinajstić information content (AvgIpc) is 2.48. The lowest BCUT2D eigenvalue weighted by Gasteiger charge is -2.41. The minimum Gasteiger partial charge on any atom is -0.480 e. The molecule has 0 aliphatic carbocycles. The predicted octanol–water partition coefficient (Wildman–Crippen LogP) is 2.86. The summed E-state index contributed by atoms with van der Waals surface area (Å²) in [7, 11) is 1.98. The van der Waals surface area contributed by atoms with E-state index in [4.69, 9.17) is 0 Å². The predicted molar refractivity (Wildman–Crippen MR) is 80.1 cm³/mol. The summed E-state index contributed by atoms with van der Waals surface area (Å²) in [6, 6.07) is 3.77. The highest BCUT2D eigenvalue weighted by molar-refractivity contribution is 5.75. The Balaban J connectivity index is 2.31. The first-order valence-electron chi connectivity index (χ1n) is 7.58. The molecule has 1 saturated heterocycles. The fourth-order valence-corrected chi connectivity index (χ4v) is 3.04. The Kier molecular flexibility index (Phi) is 5.31. The quantitative estimate of drug-likeness (QED) is 0.922. The summed E-state index contributed by atoms with van der Waals surface area (Å²) in [4.78, 5) is 15.6. The number of alkyl halides is 3. The number of aliphatic carboxylic acids is 1. The fraction of sp³-hybridized carbons (Fsp3) is 0.562. The van der Waals surface area contributed by atoms with Crippen molar-refractivity contribution in [1.82, 2.24) is 9.80 Å². The summed E-state index contributed by atoms with van der Waals surface area (Å²) in [5, 5.41) is 9.56. The van der Waals surface area contributed by atoms with Crippen molar-refractivity contribution < 1.29 is 23.1 Å². The van der Waals surface area contributed by atoms with Crippen molar-refractivity contribution in [2.75, 3.05) is 26.7 Å². The summed E-state index contributed by atoms with van der Waals surface area (Å²) >= 11 is 0. The molecule has 23 heavy (non-hydrogen) atoms. The van der Waals surface area contributed by atoms with Gasteiger partial charge < -0.3 is 10.0 Å². The number of carboxylic acids is 1. The molecule has 1 heterocycles. The Morgan fingerprint density at radius 3 is 2.65 bits per heavy atom. The third-order valence-corrected chi connectivity index (χ3v) is 4.41. The Bertz CT molecular complexity index is 563. The van der Waals surface area contributed by atoms with Gasteiger partial charge in [-0.2, -0.15) is 13.2 Å². The van der Waals surface area contributed by atoms with Crippen LogP contribution >= 0.6 is 0 Å². The highest BCUT2D eigenvalue weighted by atomic mass is 19.4. The van der Waals surface area contributed by atoms with Gasteiger partial charge in [0.05, 0.1) is 5.56 Å². The molecule has 1 fully saturated rings. The second-order valence-corrected chi connectivity index (χ2v) is 5.90. The normalized spacial score (nSPS) is 22.0. The van der Waals surface area contributed by atoms with Gasteiger partial charge in [0.1, 0.15) is 6.04 Å². The highest BCUT2D eigenvalue weighted by Gasteiger charge is 2.35. The van der Waals surface area contributed by atoms with E-state index in [0.717, 1.165) is 18.6 Å². The summed E-state index contributed by atoms with van der Waals surface area (Å²) < 4.78 is 38.6. The van der Waals surface area contributed by atoms with E-state index in [1.54, 1.807) is 4.90 Å². The zero-order chi connectivity index (χ0) is 17.2. The second-order valence-electron chi connectivity index (χ2n) is 5.90. The number of likely N-dealkylation sites (N-methyl/N-ethyl adjacent to an activating group) is 1. The van der Waals surface area contributed by atoms with Crippen LogP contribution in [0.15, 0.2) is 24.3 Å². The van der Waals surface area contributed by atoms with E-state index in [1.165, 1.54) is 12.1 Å². The number of hydrogen-bond donors (Lipinski definition) is 1. The Morgan fingerprint density at radius 1 is 1.39 bits per heavy atom. The maximum absolute atomic E-state index is 12.9. The van der Waals surface area contributed by atoms with Gasteiger partial charge in [0.25, 0.3) is 0 Å². The molecule has 7 heteroatoms. The molecule has 128 valence electrons. The molecule has 0 radical (unpaired) electrons. The first-order valence-corrected chi connectivity index (χ1v) is 7.58. The smallest absolute Gasteiger partial charge is 0.416 e. The van der Waals surface area contributed by atoms with Crippen LogP contribution in [0.3, 0.4) is 0 Å². The van der Waals surface area contributed by atoms with Crippen molar-refractivity contribution in [2.45, 2.75) is 31.6 Å². The fourth-order valence-electron chi connectivity index (χ4n) is 3.04. The highest BCUT2D eigenvalue weighted by Crippen LogP contribution is 2.32. The molecule has 0 bridgehead atoms. The SMILES string of the molecule is CCC1CN(C(C(=O)O)c2cccc(C(F)(F)F)c2)CCN1C. The largest absolute Gasteiger partial charge is 0.480 e. The molecular weight excluding hydrogens is 309 g/mol. The van der Waals surface area contributed by atoms with Gasteiger partial charge in [-0.3, -0.25) is 9.69 Å². The number of carboxylic acid groups (broad SMARTS) is 1. The molecule has 0 amide bonds. The number of benzene rings is 1. The Labute approximate surface area is 133 Å². The third kappa shape index (κ3) is 4.03. The maximum Gasteiger partial charge on any atom is 0.416 e. The number of rotatable bonds is 4. The monoisotopic (exact) mass is 330 g/mol. The summed E-state index contributed by atoms with van der Waals surface area (Å²) in [5.41, 5.74) is -0.644. The number of halogens is 3. The number of nitrogens with zero attached hydrogens (tertiary/aromatic N) is 2. The lowest BCUT2D eigenvalue weighted by atomic mass is 10.00. The summed E-state index contributed by atoms with van der Waals surface area (Å²) in [5.74, 6) is -1.12. The number of hydrogen-bond acceptors (Lipinski definition) is 3. The van der Waals surface area contributed by atoms with Crippen molar-refractivity contribution >= 4 is 5.97 Å². The van der Waals surface area contributed by atoms with E-state index >= 15 is 0 Å². The van der Waals surface area contributed by atoms with Crippen LogP contribution in [0.25, 0.3) is 0 Å². The lowest BCUT2D eigenvalue weighted by Crippen LogP contribution is -2.53. The van der Waals surface area contributed by atoms with E-state index in [9.17, 15) is 23.1 Å². The molecule has 1 aromatic carbocycles. The first-order chi connectivity index (χ1) is 10.7. The molecule has 1 aliphatic rings. The van der Waals surface area contributed by atoms with E-state index in [0.29, 0.717) is 19.6 Å². The lowest BCUT2D eigenvalue weighted by molar-refractivity contribution is -0.145. The zero-order valence-electron chi connectivity index (χ0n) is 13.2. The second kappa shape index (κ2) is 6.88. The van der Waals surface area contributed by atoms with Gasteiger partial charge in [-0.25, -0.2) is 0 Å². The molecule has 2 unspecified atom stereocenters. The van der Waals surface area contributed by atoms with Crippen LogP contribution in [0, 0.1) is 0 Å². The van der Waals surface area contributed by atoms with Gasteiger partial charge in [-0.1, -0.05) is 19.1 Å². The van der Waals surface area contributed by atoms with Crippen molar-refractivity contribution in [3.63, 3.8) is 0 Å². The zero-order valence-corrected chi connectivity index (χ0v) is 13.2. The molecule has 1 N–H and O–H groups in total. The maximum atomic E-state index is 12.9. The van der Waals surface area contributed by atoms with Crippen LogP contribution in [0.2, 0.25) is 0 Å². The van der Waals surface area contributed by atoms with Crippen LogP contribution in [-0.2, 0) is 11.0 Å². The van der Waals surface area contributed by atoms with Crippen molar-refractivity contribution in [1.29, 1.82) is 0 Å². The van der Waals surface area contributed by atoms with Crippen molar-refractivity contribution in [3.05, 3.63) is 35.4 Å². The minimum atomic E-state index is -4.48. The van der Waals surface area contributed by atoms with Crippen molar-refractivity contribution in [3.8, 4) is 0 Å². The van der Waals surface area contributed by atoms with Gasteiger partial charge >= 0.3 is 12.1 Å². The van der Waals surface area contributed by atoms with Gasteiger partial charge in [0.2, 0.25) is 0 Å². The first kappa shape index (κ1) is 17.7. The minimum absolute atomic E-state index is 0.173. The van der Waals surface area contributed by atoms with Gasteiger partial charge in [-0.15, -0.1) is 0 Å². The molecular formula is C16H21F3N2O2. The third-order valence-electron chi connectivity index (χ3n) is 4.41. The molecule has 2 atom stereocenters. The van der Waals surface area contributed by atoms with Crippen LogP contribution in [0.4, 0.5) is 13.2 Å². The van der Waals surface area contributed by atoms with Gasteiger partial charge in [-0.05, 0) is 31.2 Å². The van der Waals surface area contributed by atoms with Crippen LogP contribution in [-0.4, -0.2) is 53.6 Å². The Morgan fingerprint density at radius 2 is 2.09 bits per heavy atom. The van der Waals surface area contributed by atoms with E-state index in [2.05, 4.69) is 4.90 Å². The van der Waals surface area contributed by atoms with Gasteiger partial charge in [0, 0.05) is 25.7 Å². The standard InChI is InChI=1S/C16H21F3N2O2/c1-3-13-10-21(8-7-20(13)2)14(15(22)23)11-5-4-6-12(9-11)16(17,18)19/h4-6,9,13-14H,3,7-8,10H2,1-2H3,(H,22,23). The van der Waals surface area contributed by atoms with E-state index in [-0.39, 0.29) is 11.6 Å². The summed E-state index contributed by atoms with van der Waals surface area (Å²) in [6.07, 6.45) is -3.62. The number of piperazine rings is 1. The van der Waals surface area contributed by atoms with Gasteiger partial charge in [0.15, 0.2) is 0 Å². The molecule has 0 aromatic heterocycles. The average molecular weight is 330 g/mol. The van der Waals surface area contributed by atoms with E-state index < -0.39 is 23.8 Å². The van der Waals surface area contributed by atoms with Crippen LogP contribution in [0.5, 0.6) is 0 Å². The van der Waals surface area contributed by atoms with Crippen LogP contribution in [0.1, 0.15) is 30.5 Å². The van der Waals surface area contributed by atoms with E-state index in [1.807, 2.05) is 14.0 Å². The Hall–Kier alpha value is -1.60. The topological polar surface area (TPSA) is 43.8 Å². The molecule has 2 rings (SSSR count). The molecule has 0 spiro atoms. The van der Waals surface area contributed by atoms with Crippen LogP contribution < -0.4 is 0 Å². The molecule has 1 aliphatic heterocycles. The molecule has 0 saturated carbocycles. The summed E-state index contributed by atoms with van der Waals surface area (Å²) in [6.45, 7) is 3.76. The molecule has 4 nitrogen and oxygen atoms in total. The molecule has 1 aromatic rings. The van der Waals surface area contributed by atoms with Crippen molar-refractivity contribution in [2.24, 2.45) is 0 Å².